The van der Waals surface area contributed by atoms with E-state index in [1.165, 1.54) is 12.8 Å². The molecule has 1 fully saturated rings. The van der Waals surface area contributed by atoms with Gasteiger partial charge >= 0.3 is 0 Å². The molecule has 1 amide bonds. The summed E-state index contributed by atoms with van der Waals surface area (Å²) < 4.78 is 1.08. The van der Waals surface area contributed by atoms with Gasteiger partial charge in [0.2, 0.25) is 5.91 Å². The van der Waals surface area contributed by atoms with Crippen molar-refractivity contribution in [1.29, 1.82) is 0 Å². The quantitative estimate of drug-likeness (QED) is 0.736. The molecule has 26 heavy (non-hydrogen) atoms. The first-order chi connectivity index (χ1) is 12.6. The summed E-state index contributed by atoms with van der Waals surface area (Å²) in [7, 11) is 0. The van der Waals surface area contributed by atoms with Crippen LogP contribution in [0.15, 0.2) is 42.5 Å². The third-order valence-electron chi connectivity index (χ3n) is 4.74. The maximum atomic E-state index is 12.5. The molecule has 3 N–H and O–H groups in total. The van der Waals surface area contributed by atoms with Gasteiger partial charge in [-0.15, -0.1) is 0 Å². The number of hydrogen-bond acceptors (Lipinski definition) is 5. The number of nitrogens with zero attached hydrogens (tertiary/aromatic N) is 2. The highest BCUT2D eigenvalue weighted by atomic mass is 32.1. The zero-order valence-corrected chi connectivity index (χ0v) is 15.6. The average Bonchev–Trinajstić information content (AvgIpc) is 3.30. The van der Waals surface area contributed by atoms with E-state index in [1.54, 1.807) is 11.3 Å². The molecule has 0 aliphatic carbocycles. The van der Waals surface area contributed by atoms with Crippen LogP contribution < -0.4 is 16.0 Å². The van der Waals surface area contributed by atoms with E-state index in [1.807, 2.05) is 49.4 Å². The van der Waals surface area contributed by atoms with Crippen LogP contribution in [0.2, 0.25) is 0 Å². The number of nitrogens with two attached hydrogens (primary N) is 1. The summed E-state index contributed by atoms with van der Waals surface area (Å²) in [5.41, 5.74) is 9.78. The average molecular weight is 366 g/mol. The lowest BCUT2D eigenvalue weighted by Crippen LogP contribution is -2.27. The minimum atomic E-state index is -0.687. The molecule has 2 aromatic carbocycles. The van der Waals surface area contributed by atoms with Crippen LogP contribution in [0.3, 0.4) is 0 Å². The van der Waals surface area contributed by atoms with Crippen LogP contribution in [0.25, 0.3) is 10.2 Å². The molecule has 1 atom stereocenters. The number of benzene rings is 2. The van der Waals surface area contributed by atoms with E-state index >= 15 is 0 Å². The lowest BCUT2D eigenvalue weighted by molar-refractivity contribution is -0.117. The first kappa shape index (κ1) is 17.0. The molecule has 0 saturated carbocycles. The van der Waals surface area contributed by atoms with Crippen molar-refractivity contribution in [2.24, 2.45) is 5.73 Å². The number of anilines is 2. The zero-order valence-electron chi connectivity index (χ0n) is 14.7. The van der Waals surface area contributed by atoms with E-state index in [-0.39, 0.29) is 5.91 Å². The molecular weight excluding hydrogens is 344 g/mol. The Morgan fingerprint density at radius 2 is 1.92 bits per heavy atom. The lowest BCUT2D eigenvalue weighted by Gasteiger charge is -2.13. The van der Waals surface area contributed by atoms with Crippen molar-refractivity contribution >= 4 is 38.3 Å². The van der Waals surface area contributed by atoms with Crippen molar-refractivity contribution in [2.75, 3.05) is 23.3 Å². The summed E-state index contributed by atoms with van der Waals surface area (Å²) in [5, 5.41) is 3.99. The molecule has 0 radical (unpaired) electrons. The van der Waals surface area contributed by atoms with Gasteiger partial charge in [0.1, 0.15) is 6.04 Å². The number of aryl methyl sites for hydroxylation is 1. The fourth-order valence-corrected chi connectivity index (χ4v) is 4.24. The Balaban J connectivity index is 1.51. The van der Waals surface area contributed by atoms with E-state index in [4.69, 9.17) is 10.7 Å². The van der Waals surface area contributed by atoms with Crippen LogP contribution in [0.4, 0.5) is 10.8 Å². The molecular formula is C20H22N4OS. The summed E-state index contributed by atoms with van der Waals surface area (Å²) in [6, 6.07) is 12.9. The van der Waals surface area contributed by atoms with Gasteiger partial charge in [0.25, 0.3) is 0 Å². The number of rotatable bonds is 4. The van der Waals surface area contributed by atoms with Gasteiger partial charge in [0, 0.05) is 18.8 Å². The smallest absolute Gasteiger partial charge is 0.245 e. The number of amides is 1. The largest absolute Gasteiger partial charge is 0.348 e. The van der Waals surface area contributed by atoms with Crippen LogP contribution in [0.1, 0.15) is 30.0 Å². The van der Waals surface area contributed by atoms with Gasteiger partial charge in [-0.1, -0.05) is 41.2 Å². The van der Waals surface area contributed by atoms with Gasteiger partial charge in [0.05, 0.1) is 10.2 Å². The summed E-state index contributed by atoms with van der Waals surface area (Å²) in [6.07, 6.45) is 2.46. The molecule has 134 valence electrons. The molecule has 3 aromatic rings. The second-order valence-corrected chi connectivity index (χ2v) is 7.76. The Morgan fingerprint density at radius 3 is 2.65 bits per heavy atom. The van der Waals surface area contributed by atoms with Crippen molar-refractivity contribution in [3.63, 3.8) is 0 Å². The van der Waals surface area contributed by atoms with Gasteiger partial charge in [-0.05, 0) is 43.5 Å². The predicted molar refractivity (Wildman–Crippen MR) is 108 cm³/mol. The summed E-state index contributed by atoms with van der Waals surface area (Å²) in [6.45, 7) is 4.17. The molecule has 0 spiro atoms. The van der Waals surface area contributed by atoms with E-state index < -0.39 is 6.04 Å². The summed E-state index contributed by atoms with van der Waals surface area (Å²) in [4.78, 5) is 19.5. The number of nitrogens with one attached hydrogen (secondary N) is 1. The summed E-state index contributed by atoms with van der Waals surface area (Å²) in [5.74, 6) is -0.211. The number of carbonyl (C=O) groups is 1. The molecule has 0 bridgehead atoms. The number of thiazole rings is 1. The van der Waals surface area contributed by atoms with Crippen molar-refractivity contribution in [3.05, 3.63) is 53.6 Å². The van der Waals surface area contributed by atoms with Crippen LogP contribution >= 0.6 is 11.3 Å². The van der Waals surface area contributed by atoms with Crippen molar-refractivity contribution < 1.29 is 4.79 Å². The third-order valence-corrected chi connectivity index (χ3v) is 5.82. The minimum Gasteiger partial charge on any atom is -0.348 e. The van der Waals surface area contributed by atoms with Gasteiger partial charge < -0.3 is 16.0 Å². The Labute approximate surface area is 156 Å². The van der Waals surface area contributed by atoms with Gasteiger partial charge in [-0.2, -0.15) is 0 Å². The SMILES string of the molecule is Cc1ccc(C(N)C(=O)Nc2ccc3nc(N4CCCC4)sc3c2)cc1. The zero-order chi connectivity index (χ0) is 18.1. The second kappa shape index (κ2) is 7.05. The predicted octanol–water partition coefficient (Wildman–Crippen LogP) is 3.84. The Morgan fingerprint density at radius 1 is 1.19 bits per heavy atom. The standard InChI is InChI=1S/C20H22N4OS/c1-13-4-6-14(7-5-13)18(21)19(25)22-15-8-9-16-17(12-15)26-20(23-16)24-10-2-3-11-24/h4-9,12,18H,2-3,10-11,21H2,1H3,(H,22,25). The normalized spacial score (nSPS) is 15.4. The number of aromatic nitrogens is 1. The van der Waals surface area contributed by atoms with E-state index in [2.05, 4.69) is 10.2 Å². The van der Waals surface area contributed by atoms with Crippen LogP contribution in [-0.2, 0) is 4.79 Å². The molecule has 4 rings (SSSR count). The molecule has 2 heterocycles. The second-order valence-electron chi connectivity index (χ2n) is 6.75. The molecule has 5 nitrogen and oxygen atoms in total. The van der Waals surface area contributed by atoms with Crippen molar-refractivity contribution in [2.45, 2.75) is 25.8 Å². The first-order valence-corrected chi connectivity index (χ1v) is 9.70. The minimum absolute atomic E-state index is 0.211. The van der Waals surface area contributed by atoms with Crippen LogP contribution in [0.5, 0.6) is 0 Å². The highest BCUT2D eigenvalue weighted by molar-refractivity contribution is 7.22. The Kier molecular flexibility index (Phi) is 4.61. The highest BCUT2D eigenvalue weighted by Crippen LogP contribution is 2.32. The molecule has 1 unspecified atom stereocenters. The molecule has 1 aromatic heterocycles. The summed E-state index contributed by atoms with van der Waals surface area (Å²) >= 11 is 1.67. The fourth-order valence-electron chi connectivity index (χ4n) is 3.18. The Hall–Kier alpha value is -2.44. The third kappa shape index (κ3) is 3.43. The maximum absolute atomic E-state index is 12.5. The van der Waals surface area contributed by atoms with Crippen LogP contribution in [-0.4, -0.2) is 24.0 Å². The highest BCUT2D eigenvalue weighted by Gasteiger charge is 2.18. The van der Waals surface area contributed by atoms with E-state index in [9.17, 15) is 4.79 Å². The molecule has 1 saturated heterocycles. The van der Waals surface area contributed by atoms with Gasteiger partial charge in [-0.25, -0.2) is 4.98 Å². The van der Waals surface area contributed by atoms with Gasteiger partial charge in [0.15, 0.2) is 5.13 Å². The van der Waals surface area contributed by atoms with E-state index in [0.717, 1.165) is 45.3 Å². The molecule has 1 aliphatic rings. The van der Waals surface area contributed by atoms with Crippen molar-refractivity contribution in [1.82, 2.24) is 4.98 Å². The topological polar surface area (TPSA) is 71.2 Å². The van der Waals surface area contributed by atoms with Gasteiger partial charge in [-0.3, -0.25) is 4.79 Å². The van der Waals surface area contributed by atoms with Crippen molar-refractivity contribution in [3.8, 4) is 0 Å². The van der Waals surface area contributed by atoms with E-state index in [0.29, 0.717) is 0 Å². The number of carbonyl (C=O) groups excluding carboxylic acids is 1. The Bertz CT molecular complexity index is 929. The number of fused-ring (bicyclic) bond motifs is 1. The molecule has 6 heteroatoms. The maximum Gasteiger partial charge on any atom is 0.245 e. The number of hydrogen-bond donors (Lipinski definition) is 2. The first-order valence-electron chi connectivity index (χ1n) is 8.89. The monoisotopic (exact) mass is 366 g/mol. The fraction of sp³-hybridized carbons (Fsp3) is 0.300. The molecule has 1 aliphatic heterocycles. The lowest BCUT2D eigenvalue weighted by atomic mass is 10.1. The van der Waals surface area contributed by atoms with Crippen LogP contribution in [0, 0.1) is 6.92 Å².